The Hall–Kier alpha value is -1.52. The van der Waals surface area contributed by atoms with Crippen molar-refractivity contribution in [2.75, 3.05) is 12.8 Å². The van der Waals surface area contributed by atoms with E-state index in [4.69, 9.17) is 5.73 Å². The van der Waals surface area contributed by atoms with Gasteiger partial charge in [-0.15, -0.1) is 0 Å². The molecule has 4 aliphatic carbocycles. The molecule has 3 N–H and O–H groups in total. The second-order valence-electron chi connectivity index (χ2n) is 7.04. The molecule has 1 amide bonds. The molecule has 0 aliphatic heterocycles. The summed E-state index contributed by atoms with van der Waals surface area (Å²) in [6.07, 6.45) is 8.20. The van der Waals surface area contributed by atoms with Gasteiger partial charge in [-0.3, -0.25) is 9.89 Å². The summed E-state index contributed by atoms with van der Waals surface area (Å²) >= 11 is 0. The molecule has 5 heteroatoms. The van der Waals surface area contributed by atoms with Crippen LogP contribution < -0.4 is 5.73 Å². The van der Waals surface area contributed by atoms with Crippen LogP contribution in [-0.2, 0) is 0 Å². The Balaban J connectivity index is 1.58. The second-order valence-corrected chi connectivity index (χ2v) is 7.04. The highest BCUT2D eigenvalue weighted by atomic mass is 16.2. The van der Waals surface area contributed by atoms with Gasteiger partial charge >= 0.3 is 0 Å². The Morgan fingerprint density at radius 3 is 2.35 bits per heavy atom. The summed E-state index contributed by atoms with van der Waals surface area (Å²) in [7, 11) is 1.94. The summed E-state index contributed by atoms with van der Waals surface area (Å²) < 4.78 is 0. The molecule has 4 bridgehead atoms. The first-order valence-corrected chi connectivity index (χ1v) is 7.69. The van der Waals surface area contributed by atoms with E-state index in [2.05, 4.69) is 10.2 Å². The first-order valence-electron chi connectivity index (χ1n) is 7.69. The van der Waals surface area contributed by atoms with E-state index in [1.807, 2.05) is 11.9 Å². The van der Waals surface area contributed by atoms with Crippen molar-refractivity contribution in [1.29, 1.82) is 0 Å². The van der Waals surface area contributed by atoms with E-state index in [1.165, 1.54) is 38.3 Å². The fourth-order valence-electron chi connectivity index (χ4n) is 5.31. The highest BCUT2D eigenvalue weighted by Crippen LogP contribution is 2.55. The molecule has 0 unspecified atom stereocenters. The lowest BCUT2D eigenvalue weighted by Gasteiger charge is -2.56. The van der Waals surface area contributed by atoms with Gasteiger partial charge in [-0.05, 0) is 55.8 Å². The zero-order chi connectivity index (χ0) is 13.9. The Labute approximate surface area is 118 Å². The van der Waals surface area contributed by atoms with Crippen molar-refractivity contribution < 1.29 is 4.79 Å². The highest BCUT2D eigenvalue weighted by Gasteiger charge is 2.50. The molecular formula is C15H22N4O. The first kappa shape index (κ1) is 12.2. The number of carbonyl (C=O) groups is 1. The Morgan fingerprint density at radius 2 is 1.85 bits per heavy atom. The van der Waals surface area contributed by atoms with Crippen LogP contribution in [0.25, 0.3) is 0 Å². The quantitative estimate of drug-likeness (QED) is 0.864. The standard InChI is InChI=1S/C15H22N4O/c1-19(15(20)13-12(16)7-17-18-13)14-10-3-8-2-9(5-10)6-11(14)4-8/h7-11,14H,2-6,16H2,1H3,(H,17,18). The molecule has 1 aromatic heterocycles. The lowest BCUT2D eigenvalue weighted by atomic mass is 9.54. The Morgan fingerprint density at radius 1 is 1.25 bits per heavy atom. The summed E-state index contributed by atoms with van der Waals surface area (Å²) in [5, 5.41) is 6.61. The molecule has 0 aromatic carbocycles. The molecule has 0 radical (unpaired) electrons. The molecule has 1 heterocycles. The molecule has 0 saturated heterocycles. The first-order chi connectivity index (χ1) is 9.63. The third kappa shape index (κ3) is 1.68. The number of nitrogens with two attached hydrogens (primary N) is 1. The number of aromatic amines is 1. The van der Waals surface area contributed by atoms with Gasteiger partial charge in [-0.25, -0.2) is 0 Å². The predicted molar refractivity (Wildman–Crippen MR) is 75.9 cm³/mol. The maximum absolute atomic E-state index is 12.6. The summed E-state index contributed by atoms with van der Waals surface area (Å²) in [6, 6.07) is 0.401. The van der Waals surface area contributed by atoms with Gasteiger partial charge < -0.3 is 10.6 Å². The molecular weight excluding hydrogens is 252 g/mol. The molecule has 1 aromatic rings. The molecule has 5 rings (SSSR count). The molecule has 4 saturated carbocycles. The monoisotopic (exact) mass is 274 g/mol. The van der Waals surface area contributed by atoms with Crippen LogP contribution in [0.3, 0.4) is 0 Å². The molecule has 0 atom stereocenters. The topological polar surface area (TPSA) is 75.0 Å². The van der Waals surface area contributed by atoms with Crippen molar-refractivity contribution in [3.05, 3.63) is 11.9 Å². The highest BCUT2D eigenvalue weighted by molar-refractivity contribution is 5.97. The minimum absolute atomic E-state index is 0.00234. The van der Waals surface area contributed by atoms with Crippen molar-refractivity contribution in [2.45, 2.75) is 38.1 Å². The van der Waals surface area contributed by atoms with E-state index in [9.17, 15) is 4.79 Å². The van der Waals surface area contributed by atoms with Crippen LogP contribution >= 0.6 is 0 Å². The SMILES string of the molecule is CN(C(=O)c1[nH]ncc1N)C1C2CC3CC(C2)CC1C3. The minimum Gasteiger partial charge on any atom is -0.396 e. The lowest BCUT2D eigenvalue weighted by molar-refractivity contribution is -0.0492. The zero-order valence-electron chi connectivity index (χ0n) is 11.9. The van der Waals surface area contributed by atoms with Gasteiger partial charge in [0, 0.05) is 13.1 Å². The summed E-state index contributed by atoms with van der Waals surface area (Å²) in [6.45, 7) is 0. The van der Waals surface area contributed by atoms with Crippen LogP contribution in [-0.4, -0.2) is 34.1 Å². The van der Waals surface area contributed by atoms with Gasteiger partial charge in [0.25, 0.3) is 5.91 Å². The average Bonchev–Trinajstić information content (AvgIpc) is 2.82. The van der Waals surface area contributed by atoms with Crippen LogP contribution in [0.2, 0.25) is 0 Å². The zero-order valence-corrected chi connectivity index (χ0v) is 11.9. The molecule has 5 nitrogen and oxygen atoms in total. The molecule has 20 heavy (non-hydrogen) atoms. The van der Waals surface area contributed by atoms with Crippen molar-refractivity contribution in [1.82, 2.24) is 15.1 Å². The Bertz CT molecular complexity index is 510. The number of nitrogens with one attached hydrogen (secondary N) is 1. The summed E-state index contributed by atoms with van der Waals surface area (Å²) in [5.74, 6) is 3.25. The number of hydrogen-bond donors (Lipinski definition) is 2. The third-order valence-corrected chi connectivity index (χ3v) is 5.83. The fourth-order valence-corrected chi connectivity index (χ4v) is 5.31. The van der Waals surface area contributed by atoms with Crippen LogP contribution in [0.1, 0.15) is 42.6 Å². The molecule has 108 valence electrons. The Kier molecular flexibility index (Phi) is 2.59. The predicted octanol–water partition coefficient (Wildman–Crippen LogP) is 1.89. The smallest absolute Gasteiger partial charge is 0.274 e. The fraction of sp³-hybridized carbons (Fsp3) is 0.733. The number of nitrogen functional groups attached to an aromatic ring is 1. The van der Waals surface area contributed by atoms with Gasteiger partial charge in [-0.2, -0.15) is 5.10 Å². The number of nitrogens with zero attached hydrogens (tertiary/aromatic N) is 2. The van der Waals surface area contributed by atoms with Crippen LogP contribution in [0, 0.1) is 23.7 Å². The van der Waals surface area contributed by atoms with E-state index in [-0.39, 0.29) is 5.91 Å². The number of amides is 1. The minimum atomic E-state index is -0.00234. The van der Waals surface area contributed by atoms with Gasteiger partial charge in [0.1, 0.15) is 5.69 Å². The van der Waals surface area contributed by atoms with Gasteiger partial charge in [0.05, 0.1) is 11.9 Å². The van der Waals surface area contributed by atoms with E-state index < -0.39 is 0 Å². The van der Waals surface area contributed by atoms with Crippen LogP contribution in [0.5, 0.6) is 0 Å². The van der Waals surface area contributed by atoms with E-state index in [1.54, 1.807) is 0 Å². The van der Waals surface area contributed by atoms with Gasteiger partial charge in [-0.1, -0.05) is 0 Å². The average molecular weight is 274 g/mol. The van der Waals surface area contributed by atoms with E-state index in [0.717, 1.165) is 11.8 Å². The number of carbonyl (C=O) groups excluding carboxylic acids is 1. The third-order valence-electron chi connectivity index (χ3n) is 5.83. The number of H-pyrrole nitrogens is 1. The van der Waals surface area contributed by atoms with Crippen molar-refractivity contribution >= 4 is 11.6 Å². The van der Waals surface area contributed by atoms with Gasteiger partial charge in [0.2, 0.25) is 0 Å². The largest absolute Gasteiger partial charge is 0.396 e. The van der Waals surface area contributed by atoms with Crippen LogP contribution in [0.4, 0.5) is 5.69 Å². The van der Waals surface area contributed by atoms with Crippen molar-refractivity contribution in [3.63, 3.8) is 0 Å². The van der Waals surface area contributed by atoms with Crippen molar-refractivity contribution in [3.8, 4) is 0 Å². The summed E-state index contributed by atoms with van der Waals surface area (Å²) in [5.41, 5.74) is 6.71. The number of anilines is 1. The van der Waals surface area contributed by atoms with E-state index in [0.29, 0.717) is 29.3 Å². The number of aromatic nitrogens is 2. The normalized spacial score (nSPS) is 38.1. The van der Waals surface area contributed by atoms with E-state index >= 15 is 0 Å². The maximum atomic E-state index is 12.6. The van der Waals surface area contributed by atoms with Crippen molar-refractivity contribution in [2.24, 2.45) is 23.7 Å². The maximum Gasteiger partial charge on any atom is 0.274 e. The molecule has 4 aliphatic rings. The van der Waals surface area contributed by atoms with Crippen LogP contribution in [0.15, 0.2) is 6.20 Å². The van der Waals surface area contributed by atoms with Gasteiger partial charge in [0.15, 0.2) is 0 Å². The molecule has 0 spiro atoms. The number of rotatable bonds is 2. The summed E-state index contributed by atoms with van der Waals surface area (Å²) in [4.78, 5) is 14.6. The second kappa shape index (κ2) is 4.24. The number of hydrogen-bond acceptors (Lipinski definition) is 3. The molecule has 4 fully saturated rings. The lowest BCUT2D eigenvalue weighted by Crippen LogP contribution is -2.56.